The smallest absolute Gasteiger partial charge is 0.164 e. The van der Waals surface area contributed by atoms with Gasteiger partial charge in [0.15, 0.2) is 17.5 Å². The molecule has 0 spiro atoms. The van der Waals surface area contributed by atoms with Crippen LogP contribution in [0.4, 0.5) is 0 Å². The molecule has 0 N–H and O–H groups in total. The van der Waals surface area contributed by atoms with Gasteiger partial charge >= 0.3 is 0 Å². The first kappa shape index (κ1) is 33.9. The SMILES string of the molecule is c1ccc(-c2ccc(-n3c4ccc5ccccc5c4c4c5c6ccccc6n(-c6cccc(-c7nc(-c8ccccc8)nc(-c8ccccc8)n7)c6)c5ccc43)cc2)cc1. The summed E-state index contributed by atoms with van der Waals surface area (Å²) in [6, 6.07) is 75.1. The second kappa shape index (κ2) is 13.8. The highest BCUT2D eigenvalue weighted by Gasteiger charge is 2.22. The Bertz CT molecular complexity index is 3510. The lowest BCUT2D eigenvalue weighted by Gasteiger charge is -2.12. The Balaban J connectivity index is 1.10. The molecule has 0 unspecified atom stereocenters. The van der Waals surface area contributed by atoms with Gasteiger partial charge < -0.3 is 9.13 Å². The van der Waals surface area contributed by atoms with Gasteiger partial charge in [-0.25, -0.2) is 15.0 Å². The zero-order valence-electron chi connectivity index (χ0n) is 32.4. The number of fused-ring (bicyclic) bond motifs is 9. The van der Waals surface area contributed by atoms with Crippen LogP contribution in [0.25, 0.3) is 111 Å². The molecule has 0 fully saturated rings. The van der Waals surface area contributed by atoms with Crippen molar-refractivity contribution in [3.05, 3.63) is 212 Å². The number of aromatic nitrogens is 5. The van der Waals surface area contributed by atoms with E-state index in [2.05, 4.69) is 161 Å². The van der Waals surface area contributed by atoms with E-state index in [1.807, 2.05) is 60.7 Å². The highest BCUT2D eigenvalue weighted by molar-refractivity contribution is 6.33. The molecule has 60 heavy (non-hydrogen) atoms. The third-order valence-electron chi connectivity index (χ3n) is 11.7. The summed E-state index contributed by atoms with van der Waals surface area (Å²) < 4.78 is 4.83. The fourth-order valence-corrected chi connectivity index (χ4v) is 9.04. The van der Waals surface area contributed by atoms with Crippen LogP contribution < -0.4 is 0 Å². The topological polar surface area (TPSA) is 48.5 Å². The molecule has 0 aliphatic carbocycles. The molecule has 0 saturated carbocycles. The molecule has 12 rings (SSSR count). The third kappa shape index (κ3) is 5.44. The van der Waals surface area contributed by atoms with Gasteiger partial charge in [0.05, 0.1) is 22.1 Å². The van der Waals surface area contributed by atoms with Gasteiger partial charge in [-0.2, -0.15) is 0 Å². The van der Waals surface area contributed by atoms with Crippen LogP contribution in [0.3, 0.4) is 0 Å². The first-order valence-electron chi connectivity index (χ1n) is 20.3. The van der Waals surface area contributed by atoms with Crippen molar-refractivity contribution in [1.82, 2.24) is 24.1 Å². The van der Waals surface area contributed by atoms with Gasteiger partial charge in [-0.05, 0) is 70.4 Å². The van der Waals surface area contributed by atoms with E-state index in [1.165, 1.54) is 54.5 Å². The molecule has 0 amide bonds. The van der Waals surface area contributed by atoms with Gasteiger partial charge in [0, 0.05) is 49.6 Å². The molecule has 0 radical (unpaired) electrons. The predicted octanol–water partition coefficient (Wildman–Crippen LogP) is 13.9. The van der Waals surface area contributed by atoms with Crippen molar-refractivity contribution in [3.8, 4) is 56.7 Å². The Morgan fingerprint density at radius 3 is 1.40 bits per heavy atom. The fraction of sp³-hybridized carbons (Fsp3) is 0. The molecule has 0 atom stereocenters. The minimum Gasteiger partial charge on any atom is -0.309 e. The van der Waals surface area contributed by atoms with Crippen molar-refractivity contribution in [2.75, 3.05) is 0 Å². The summed E-state index contributed by atoms with van der Waals surface area (Å²) in [6.45, 7) is 0. The summed E-state index contributed by atoms with van der Waals surface area (Å²) >= 11 is 0. The molecule has 0 bridgehead atoms. The highest BCUT2D eigenvalue weighted by atomic mass is 15.0. The number of hydrogen-bond acceptors (Lipinski definition) is 3. The Kier molecular flexibility index (Phi) is 7.78. The second-order valence-corrected chi connectivity index (χ2v) is 15.2. The van der Waals surface area contributed by atoms with E-state index in [-0.39, 0.29) is 0 Å². The molecule has 0 saturated heterocycles. The Hall–Kier alpha value is -8.15. The van der Waals surface area contributed by atoms with Gasteiger partial charge in [-0.1, -0.05) is 164 Å². The van der Waals surface area contributed by atoms with Crippen LogP contribution in [0.2, 0.25) is 0 Å². The van der Waals surface area contributed by atoms with Crippen LogP contribution in [0.5, 0.6) is 0 Å². The maximum atomic E-state index is 5.07. The van der Waals surface area contributed by atoms with E-state index in [1.54, 1.807) is 0 Å². The van der Waals surface area contributed by atoms with Crippen LogP contribution >= 0.6 is 0 Å². The van der Waals surface area contributed by atoms with Crippen LogP contribution in [-0.2, 0) is 0 Å². The number of benzene rings is 9. The van der Waals surface area contributed by atoms with Crippen LogP contribution in [-0.4, -0.2) is 24.1 Å². The van der Waals surface area contributed by atoms with E-state index in [9.17, 15) is 0 Å². The lowest BCUT2D eigenvalue weighted by molar-refractivity contribution is 1.07. The number of nitrogens with zero attached hydrogens (tertiary/aromatic N) is 5. The monoisotopic (exact) mass is 765 g/mol. The largest absolute Gasteiger partial charge is 0.309 e. The summed E-state index contributed by atoms with van der Waals surface area (Å²) in [5, 5.41) is 7.39. The van der Waals surface area contributed by atoms with E-state index in [0.717, 1.165) is 39.1 Å². The van der Waals surface area contributed by atoms with Gasteiger partial charge in [0.1, 0.15) is 0 Å². The lowest BCUT2D eigenvalue weighted by Crippen LogP contribution is -2.01. The van der Waals surface area contributed by atoms with Crippen molar-refractivity contribution in [1.29, 1.82) is 0 Å². The van der Waals surface area contributed by atoms with Crippen molar-refractivity contribution in [2.24, 2.45) is 0 Å². The van der Waals surface area contributed by atoms with Crippen LogP contribution in [0, 0.1) is 0 Å². The molecule has 3 heterocycles. The quantitative estimate of drug-likeness (QED) is 0.169. The van der Waals surface area contributed by atoms with Gasteiger partial charge in [0.25, 0.3) is 0 Å². The van der Waals surface area contributed by atoms with E-state index >= 15 is 0 Å². The van der Waals surface area contributed by atoms with Crippen LogP contribution in [0.15, 0.2) is 212 Å². The summed E-state index contributed by atoms with van der Waals surface area (Å²) in [4.78, 5) is 15.1. The van der Waals surface area contributed by atoms with Crippen LogP contribution in [0.1, 0.15) is 0 Å². The Morgan fingerprint density at radius 1 is 0.267 bits per heavy atom. The normalized spacial score (nSPS) is 11.7. The molecule has 12 aromatic rings. The second-order valence-electron chi connectivity index (χ2n) is 15.2. The first-order chi connectivity index (χ1) is 29.8. The maximum Gasteiger partial charge on any atom is 0.164 e. The number of para-hydroxylation sites is 1. The standard InChI is InChI=1S/C55H35N5/c1-4-15-36(16-5-1)37-27-30-42(31-28-37)59-47-32-29-38-17-10-11-24-44(38)50(47)52-49(59)34-33-48-51(52)45-25-12-13-26-46(45)60(48)43-23-14-22-41(35-43)55-57-53(39-18-6-2-7-19-39)56-54(58-55)40-20-8-3-9-21-40/h1-35H. The third-order valence-corrected chi connectivity index (χ3v) is 11.7. The minimum absolute atomic E-state index is 0.625. The molecule has 3 aromatic heterocycles. The molecule has 5 nitrogen and oxygen atoms in total. The Morgan fingerprint density at radius 2 is 0.733 bits per heavy atom. The number of hydrogen-bond donors (Lipinski definition) is 0. The first-order valence-corrected chi connectivity index (χ1v) is 20.3. The van der Waals surface area contributed by atoms with Gasteiger partial charge in [0.2, 0.25) is 0 Å². The molecular formula is C55H35N5. The van der Waals surface area contributed by atoms with Crippen molar-refractivity contribution >= 4 is 54.4 Å². The number of rotatable bonds is 6. The fourth-order valence-electron chi connectivity index (χ4n) is 9.04. The van der Waals surface area contributed by atoms with E-state index < -0.39 is 0 Å². The summed E-state index contributed by atoms with van der Waals surface area (Å²) in [7, 11) is 0. The maximum absolute atomic E-state index is 5.07. The summed E-state index contributed by atoms with van der Waals surface area (Å²) in [5.74, 6) is 1.91. The average molecular weight is 766 g/mol. The molecule has 280 valence electrons. The minimum atomic E-state index is 0.625. The zero-order valence-corrected chi connectivity index (χ0v) is 32.4. The molecule has 5 heteroatoms. The van der Waals surface area contributed by atoms with Gasteiger partial charge in [-0.3, -0.25) is 0 Å². The average Bonchev–Trinajstić information content (AvgIpc) is 3.85. The lowest BCUT2D eigenvalue weighted by atomic mass is 10.0. The van der Waals surface area contributed by atoms with Gasteiger partial charge in [-0.15, -0.1) is 0 Å². The van der Waals surface area contributed by atoms with E-state index in [4.69, 9.17) is 15.0 Å². The molecule has 0 aliphatic heterocycles. The summed E-state index contributed by atoms with van der Waals surface area (Å²) in [5.41, 5.74) is 12.0. The molecule has 0 aliphatic rings. The summed E-state index contributed by atoms with van der Waals surface area (Å²) in [6.07, 6.45) is 0. The predicted molar refractivity (Wildman–Crippen MR) is 248 cm³/mol. The molecular weight excluding hydrogens is 731 g/mol. The van der Waals surface area contributed by atoms with E-state index in [0.29, 0.717) is 17.5 Å². The van der Waals surface area contributed by atoms with Crippen molar-refractivity contribution < 1.29 is 0 Å². The van der Waals surface area contributed by atoms with Crippen molar-refractivity contribution in [2.45, 2.75) is 0 Å². The molecule has 9 aromatic carbocycles. The van der Waals surface area contributed by atoms with Crippen molar-refractivity contribution in [3.63, 3.8) is 0 Å². The zero-order chi connectivity index (χ0) is 39.6. The Labute approximate surface area is 346 Å². The highest BCUT2D eigenvalue weighted by Crippen LogP contribution is 2.45.